The maximum Gasteiger partial charge on any atom is 0.285 e. The molecule has 6 nitrogen and oxygen atoms in total. The van der Waals surface area contributed by atoms with Crippen molar-refractivity contribution in [3.63, 3.8) is 0 Å². The van der Waals surface area contributed by atoms with Crippen LogP contribution in [-0.2, 0) is 21.4 Å². The molecular formula is C20H19BrFN3O3S. The molecule has 152 valence electrons. The lowest BCUT2D eigenvalue weighted by atomic mass is 10.2. The highest BCUT2D eigenvalue weighted by Crippen LogP contribution is 2.27. The summed E-state index contributed by atoms with van der Waals surface area (Å²) in [5.41, 5.74) is 0.819. The van der Waals surface area contributed by atoms with Gasteiger partial charge in [-0.05, 0) is 30.3 Å². The van der Waals surface area contributed by atoms with Gasteiger partial charge in [0, 0.05) is 35.7 Å². The molecule has 1 aliphatic rings. The molecule has 0 bridgehead atoms. The molecule has 3 rings (SSSR count). The first kappa shape index (κ1) is 21.2. The molecule has 0 fully saturated rings. The number of amidine groups is 1. The predicted octanol–water partition coefficient (Wildman–Crippen LogP) is 3.18. The standard InChI is InChI=1S/C20H19BrFN3O3S/c1-3-10-25(12-14-11-15(21)8-9-17(14)22)19(26)13-24(2)20-16-6-4-5-7-18(16)29(27,28)23-20/h3-9,11H,1,10,12-13H2,2H3. The first-order valence-electron chi connectivity index (χ1n) is 8.71. The second-order valence-corrected chi connectivity index (χ2v) is 9.03. The molecule has 0 unspecified atom stereocenters. The number of sulfonamides is 1. The summed E-state index contributed by atoms with van der Waals surface area (Å²) in [5, 5.41) is 0. The van der Waals surface area contributed by atoms with E-state index < -0.39 is 15.8 Å². The molecule has 1 amide bonds. The molecule has 1 aliphatic heterocycles. The molecule has 9 heteroatoms. The van der Waals surface area contributed by atoms with E-state index in [0.29, 0.717) is 15.6 Å². The number of fused-ring (bicyclic) bond motifs is 1. The van der Waals surface area contributed by atoms with Gasteiger partial charge in [0.1, 0.15) is 10.7 Å². The molecule has 1 heterocycles. The number of nitrogens with zero attached hydrogens (tertiary/aromatic N) is 3. The van der Waals surface area contributed by atoms with Gasteiger partial charge in [0.05, 0.1) is 6.54 Å². The van der Waals surface area contributed by atoms with E-state index in [1.165, 1.54) is 21.9 Å². The number of hydrogen-bond donors (Lipinski definition) is 0. The Morgan fingerprint density at radius 3 is 2.72 bits per heavy atom. The number of amides is 1. The summed E-state index contributed by atoms with van der Waals surface area (Å²) in [6.07, 6.45) is 1.56. The number of carbonyl (C=O) groups is 1. The van der Waals surface area contributed by atoms with E-state index in [9.17, 15) is 17.6 Å². The summed E-state index contributed by atoms with van der Waals surface area (Å²) in [4.78, 5) is 15.9. The molecule has 0 N–H and O–H groups in total. The lowest BCUT2D eigenvalue weighted by molar-refractivity contribution is -0.131. The Bertz CT molecular complexity index is 1100. The molecule has 0 radical (unpaired) electrons. The fraction of sp³-hybridized carbons (Fsp3) is 0.200. The monoisotopic (exact) mass is 479 g/mol. The van der Waals surface area contributed by atoms with Gasteiger partial charge in [-0.3, -0.25) is 4.79 Å². The lowest BCUT2D eigenvalue weighted by Gasteiger charge is -2.25. The van der Waals surface area contributed by atoms with Crippen molar-refractivity contribution in [2.24, 2.45) is 4.40 Å². The van der Waals surface area contributed by atoms with Gasteiger partial charge in [0.2, 0.25) is 5.91 Å². The van der Waals surface area contributed by atoms with Gasteiger partial charge < -0.3 is 9.80 Å². The highest BCUT2D eigenvalue weighted by molar-refractivity contribution is 9.10. The minimum atomic E-state index is -3.77. The number of rotatable bonds is 6. The van der Waals surface area contributed by atoms with Crippen LogP contribution in [0.2, 0.25) is 0 Å². The Labute approximate surface area is 177 Å². The SMILES string of the molecule is C=CCN(Cc1cc(Br)ccc1F)C(=O)CN(C)C1=NS(=O)(=O)c2ccccc21. The van der Waals surface area contributed by atoms with E-state index in [0.717, 1.165) is 0 Å². The Hall–Kier alpha value is -2.52. The summed E-state index contributed by atoms with van der Waals surface area (Å²) in [7, 11) is -2.18. The molecule has 0 atom stereocenters. The topological polar surface area (TPSA) is 70.1 Å². The fourth-order valence-corrected chi connectivity index (χ4v) is 4.68. The van der Waals surface area contributed by atoms with Crippen LogP contribution in [0.4, 0.5) is 4.39 Å². The van der Waals surface area contributed by atoms with Crippen molar-refractivity contribution < 1.29 is 17.6 Å². The van der Waals surface area contributed by atoms with Crippen molar-refractivity contribution in [2.75, 3.05) is 20.1 Å². The highest BCUT2D eigenvalue weighted by atomic mass is 79.9. The molecule has 0 saturated heterocycles. The number of benzene rings is 2. The Morgan fingerprint density at radius 1 is 1.28 bits per heavy atom. The van der Waals surface area contributed by atoms with E-state index in [2.05, 4.69) is 26.9 Å². The summed E-state index contributed by atoms with van der Waals surface area (Å²) in [6.45, 7) is 3.82. The van der Waals surface area contributed by atoms with Crippen LogP contribution in [-0.4, -0.2) is 50.1 Å². The van der Waals surface area contributed by atoms with Crippen LogP contribution in [0.3, 0.4) is 0 Å². The normalized spacial score (nSPS) is 14.1. The molecule has 0 saturated carbocycles. The van der Waals surface area contributed by atoms with Gasteiger partial charge in [0.25, 0.3) is 10.0 Å². The first-order valence-corrected chi connectivity index (χ1v) is 10.9. The maximum absolute atomic E-state index is 14.1. The van der Waals surface area contributed by atoms with Gasteiger partial charge in [-0.15, -0.1) is 11.0 Å². The minimum Gasteiger partial charge on any atom is -0.349 e. The van der Waals surface area contributed by atoms with Gasteiger partial charge in [-0.25, -0.2) is 4.39 Å². The zero-order valence-corrected chi connectivity index (χ0v) is 18.1. The highest BCUT2D eigenvalue weighted by Gasteiger charge is 2.31. The van der Waals surface area contributed by atoms with Crippen LogP contribution in [0.15, 0.2) is 68.9 Å². The molecular weight excluding hydrogens is 461 g/mol. The number of hydrogen-bond acceptors (Lipinski definition) is 4. The van der Waals surface area contributed by atoms with Crippen LogP contribution in [0.1, 0.15) is 11.1 Å². The molecule has 2 aromatic rings. The molecule has 2 aromatic carbocycles. The first-order chi connectivity index (χ1) is 13.7. The predicted molar refractivity (Wildman–Crippen MR) is 113 cm³/mol. The van der Waals surface area contributed by atoms with Crippen molar-refractivity contribution in [1.29, 1.82) is 0 Å². The third-order valence-corrected chi connectivity index (χ3v) is 6.24. The average molecular weight is 480 g/mol. The van der Waals surface area contributed by atoms with Crippen molar-refractivity contribution in [1.82, 2.24) is 9.80 Å². The van der Waals surface area contributed by atoms with E-state index in [1.54, 1.807) is 43.5 Å². The van der Waals surface area contributed by atoms with Crippen molar-refractivity contribution in [3.05, 3.63) is 76.5 Å². The molecule has 0 aromatic heterocycles. The average Bonchev–Trinajstić information content (AvgIpc) is 2.96. The smallest absolute Gasteiger partial charge is 0.285 e. The Kier molecular flexibility index (Phi) is 6.18. The Balaban J connectivity index is 1.80. The summed E-state index contributed by atoms with van der Waals surface area (Å²) >= 11 is 3.30. The fourth-order valence-electron chi connectivity index (χ4n) is 3.02. The van der Waals surface area contributed by atoms with Crippen molar-refractivity contribution in [3.8, 4) is 0 Å². The second kappa shape index (κ2) is 8.46. The summed E-state index contributed by atoms with van der Waals surface area (Å²) in [6, 6.07) is 11.0. The zero-order chi connectivity index (χ0) is 21.2. The van der Waals surface area contributed by atoms with Crippen LogP contribution in [0.5, 0.6) is 0 Å². The largest absolute Gasteiger partial charge is 0.349 e. The van der Waals surface area contributed by atoms with E-state index in [-0.39, 0.29) is 36.3 Å². The second-order valence-electron chi connectivity index (χ2n) is 6.54. The van der Waals surface area contributed by atoms with Crippen LogP contribution < -0.4 is 0 Å². The lowest BCUT2D eigenvalue weighted by Crippen LogP contribution is -2.41. The van der Waals surface area contributed by atoms with Crippen molar-refractivity contribution in [2.45, 2.75) is 11.4 Å². The van der Waals surface area contributed by atoms with Crippen LogP contribution in [0.25, 0.3) is 0 Å². The van der Waals surface area contributed by atoms with Gasteiger partial charge in [-0.2, -0.15) is 8.42 Å². The van der Waals surface area contributed by atoms with Crippen LogP contribution in [0, 0.1) is 5.82 Å². The van der Waals surface area contributed by atoms with Crippen molar-refractivity contribution >= 4 is 37.7 Å². The van der Waals surface area contributed by atoms with E-state index in [1.807, 2.05) is 0 Å². The van der Waals surface area contributed by atoms with E-state index in [4.69, 9.17) is 0 Å². The third-order valence-electron chi connectivity index (χ3n) is 4.42. The number of likely N-dealkylation sites (N-methyl/N-ethyl adjacent to an activating group) is 1. The zero-order valence-electron chi connectivity index (χ0n) is 15.7. The summed E-state index contributed by atoms with van der Waals surface area (Å²) < 4.78 is 43.1. The minimum absolute atomic E-state index is 0.0608. The maximum atomic E-state index is 14.1. The van der Waals surface area contributed by atoms with Gasteiger partial charge >= 0.3 is 0 Å². The van der Waals surface area contributed by atoms with Gasteiger partial charge in [0.15, 0.2) is 5.84 Å². The Morgan fingerprint density at radius 2 is 2.00 bits per heavy atom. The quantitative estimate of drug-likeness (QED) is 0.596. The van der Waals surface area contributed by atoms with Gasteiger partial charge in [-0.1, -0.05) is 34.1 Å². The van der Waals surface area contributed by atoms with Crippen LogP contribution >= 0.6 is 15.9 Å². The summed E-state index contributed by atoms with van der Waals surface area (Å²) in [5.74, 6) is -0.513. The molecule has 29 heavy (non-hydrogen) atoms. The molecule has 0 spiro atoms. The number of carbonyl (C=O) groups excluding carboxylic acids is 1. The van der Waals surface area contributed by atoms with E-state index >= 15 is 0 Å². The molecule has 0 aliphatic carbocycles. The third kappa shape index (κ3) is 4.56. The number of halogens is 2.